The van der Waals surface area contributed by atoms with Crippen molar-refractivity contribution in [3.63, 3.8) is 0 Å². The van der Waals surface area contributed by atoms with Gasteiger partial charge in [0, 0.05) is 42.3 Å². The van der Waals surface area contributed by atoms with E-state index >= 15 is 0 Å². The van der Waals surface area contributed by atoms with Crippen LogP contribution >= 0.6 is 11.6 Å². The highest BCUT2D eigenvalue weighted by Crippen LogP contribution is 2.47. The normalized spacial score (nSPS) is 30.6. The number of aryl methyl sites for hydroxylation is 2. The number of carbonyl (C=O) groups is 2. The molecule has 1 spiro atoms. The highest BCUT2D eigenvalue weighted by atomic mass is 35.5. The van der Waals surface area contributed by atoms with Crippen LogP contribution in [0.2, 0.25) is 5.02 Å². The predicted octanol–water partition coefficient (Wildman–Crippen LogP) is 4.46. The van der Waals surface area contributed by atoms with Crippen LogP contribution in [0.4, 0.5) is 5.69 Å². The first-order chi connectivity index (χ1) is 24.4. The van der Waals surface area contributed by atoms with Gasteiger partial charge in [-0.1, -0.05) is 36.7 Å². The molecule has 2 aliphatic carbocycles. The number of aromatic nitrogens is 2. The lowest BCUT2D eigenvalue weighted by Gasteiger charge is -2.45. The maximum Gasteiger partial charge on any atom is 0.286 e. The Morgan fingerprint density at radius 2 is 1.96 bits per heavy atom. The Balaban J connectivity index is 1.31. The number of aliphatic hydroxyl groups is 2. The lowest BCUT2D eigenvalue weighted by atomic mass is 9.68. The van der Waals surface area contributed by atoms with Crippen LogP contribution in [0.15, 0.2) is 59.1 Å². The molecule has 3 heterocycles. The van der Waals surface area contributed by atoms with Crippen molar-refractivity contribution in [2.24, 2.45) is 29.2 Å². The van der Waals surface area contributed by atoms with Crippen LogP contribution in [-0.4, -0.2) is 80.8 Å². The molecule has 0 radical (unpaired) electrons. The second kappa shape index (κ2) is 13.9. The molecule has 0 saturated heterocycles. The van der Waals surface area contributed by atoms with E-state index in [1.807, 2.05) is 12.1 Å². The van der Waals surface area contributed by atoms with Gasteiger partial charge in [0.1, 0.15) is 21.2 Å². The van der Waals surface area contributed by atoms with Crippen LogP contribution in [0, 0.1) is 17.8 Å². The number of nitrogens with one attached hydrogen (secondary N) is 1. The largest absolute Gasteiger partial charge is 0.490 e. The molecular weight excluding hydrogens is 694 g/mol. The van der Waals surface area contributed by atoms with Crippen molar-refractivity contribution < 1.29 is 33.5 Å². The first-order valence-corrected chi connectivity index (χ1v) is 19.5. The van der Waals surface area contributed by atoms with Crippen LogP contribution in [-0.2, 0) is 28.8 Å². The van der Waals surface area contributed by atoms with Gasteiger partial charge in [-0.3, -0.25) is 19.0 Å². The summed E-state index contributed by atoms with van der Waals surface area (Å²) < 4.78 is 34.3. The fourth-order valence-electron chi connectivity index (χ4n) is 8.08. The number of amides is 2. The molecule has 1 saturated carbocycles. The molecule has 4 aliphatic rings. The molecule has 1 unspecified atom stereocenters. The minimum Gasteiger partial charge on any atom is -0.490 e. The molecule has 1 fully saturated rings. The van der Waals surface area contributed by atoms with Crippen molar-refractivity contribution in [1.82, 2.24) is 14.5 Å². The first-order valence-electron chi connectivity index (χ1n) is 17.4. The molecule has 7 atom stereocenters. The summed E-state index contributed by atoms with van der Waals surface area (Å²) in [6.07, 6.45) is 7.18. The van der Waals surface area contributed by atoms with Crippen molar-refractivity contribution in [2.75, 3.05) is 37.5 Å². The minimum absolute atomic E-state index is 0.0158. The highest BCUT2D eigenvalue weighted by Gasteiger charge is 2.44. The maximum atomic E-state index is 14.5. The smallest absolute Gasteiger partial charge is 0.286 e. The van der Waals surface area contributed by atoms with Crippen molar-refractivity contribution >= 4 is 39.0 Å². The molecule has 2 amide bonds. The third-order valence-corrected chi connectivity index (χ3v) is 13.1. The lowest BCUT2D eigenvalue weighted by Crippen LogP contribution is -2.49. The Morgan fingerprint density at radius 1 is 1.16 bits per heavy atom. The van der Waals surface area contributed by atoms with Crippen molar-refractivity contribution in [3.8, 4) is 11.6 Å². The third kappa shape index (κ3) is 7.01. The number of aliphatic hydroxyl groups excluding tert-OH is 2. The molecule has 2 bridgehead atoms. The second-order valence-electron chi connectivity index (χ2n) is 14.5. The number of carbonyl (C=O) groups excluding carboxylic acids is 2. The van der Waals surface area contributed by atoms with Crippen LogP contribution in [0.5, 0.6) is 11.6 Å². The van der Waals surface area contributed by atoms with Crippen LogP contribution in [0.25, 0.3) is 0 Å². The number of hydrogen-bond acceptors (Lipinski definition) is 9. The van der Waals surface area contributed by atoms with E-state index in [1.54, 1.807) is 38.2 Å². The predicted molar refractivity (Wildman–Crippen MR) is 194 cm³/mol. The Labute approximate surface area is 303 Å². The molecule has 3 N–H and O–H groups in total. The summed E-state index contributed by atoms with van der Waals surface area (Å²) in [5.41, 5.74) is 3.00. The number of benzene rings is 2. The Kier molecular flexibility index (Phi) is 9.68. The first kappa shape index (κ1) is 35.5. The van der Waals surface area contributed by atoms with Crippen molar-refractivity contribution in [3.05, 3.63) is 82.0 Å². The number of anilines is 1. The average molecular weight is 738 g/mol. The topological polar surface area (TPSA) is 156 Å². The molecule has 12 nitrogen and oxygen atoms in total. The molecule has 2 aliphatic heterocycles. The Morgan fingerprint density at radius 3 is 2.73 bits per heavy atom. The van der Waals surface area contributed by atoms with E-state index in [2.05, 4.69) is 25.1 Å². The molecule has 3 aromatic rings. The van der Waals surface area contributed by atoms with Crippen LogP contribution in [0.3, 0.4) is 0 Å². The zero-order valence-corrected chi connectivity index (χ0v) is 30.5. The summed E-state index contributed by atoms with van der Waals surface area (Å²) in [7, 11) is -0.840. The van der Waals surface area contributed by atoms with Crippen LogP contribution < -0.4 is 19.1 Å². The van der Waals surface area contributed by atoms with Gasteiger partial charge in [0.25, 0.3) is 11.8 Å². The third-order valence-electron chi connectivity index (χ3n) is 10.9. The fraction of sp³-hybridized carbons (Fsp3) is 0.486. The van der Waals surface area contributed by atoms with Crippen molar-refractivity contribution in [2.45, 2.75) is 56.7 Å². The van der Waals surface area contributed by atoms with Crippen LogP contribution in [0.1, 0.15) is 64.4 Å². The Hall–Kier alpha value is -3.91. The molecule has 2 aromatic carbocycles. The Bertz CT molecular complexity index is 2010. The zero-order valence-electron chi connectivity index (χ0n) is 29.0. The van der Waals surface area contributed by atoms with Gasteiger partial charge in [-0.05, 0) is 91.3 Å². The average Bonchev–Trinajstić information content (AvgIpc) is 3.40. The van der Waals surface area contributed by atoms with Gasteiger partial charge in [-0.25, -0.2) is 4.21 Å². The van der Waals surface area contributed by atoms with E-state index in [-0.39, 0.29) is 40.0 Å². The molecular formula is C37H44ClN5O7S. The van der Waals surface area contributed by atoms with E-state index in [1.165, 1.54) is 35.2 Å². The number of nitrogens with zero attached hydrogens (tertiary/aromatic N) is 4. The van der Waals surface area contributed by atoms with Gasteiger partial charge < -0.3 is 24.6 Å². The van der Waals surface area contributed by atoms with Gasteiger partial charge >= 0.3 is 0 Å². The van der Waals surface area contributed by atoms with Gasteiger partial charge in [0.05, 0.1) is 37.4 Å². The number of ether oxygens (including phenoxy) is 2. The molecule has 272 valence electrons. The number of methoxy groups -OCH3 is 1. The van der Waals surface area contributed by atoms with Crippen molar-refractivity contribution in [1.29, 1.82) is 0 Å². The number of fused-ring (bicyclic) bond motifs is 4. The number of rotatable bonds is 3. The molecule has 51 heavy (non-hydrogen) atoms. The zero-order chi connectivity index (χ0) is 36.1. The van der Waals surface area contributed by atoms with Gasteiger partial charge in [-0.2, -0.15) is 0 Å². The second-order valence-corrected chi connectivity index (χ2v) is 16.9. The lowest BCUT2D eigenvalue weighted by molar-refractivity contribution is 0.0446. The number of halogens is 1. The van der Waals surface area contributed by atoms with E-state index < -0.39 is 39.9 Å². The SMILES string of the molecule is COc1nn(C)cc1C(=O)NS1(=O)=NC(=O)c2ccc3c(c2)N(C[C@@H]2CC[C@H]2[C@@H](O)C=C[C@H](O)[C@H](C)C1)C[C@@]1(CCCc2cc(Cl)ccc21)CO3. The minimum atomic E-state index is -3.81. The van der Waals surface area contributed by atoms with E-state index in [0.717, 1.165) is 37.8 Å². The summed E-state index contributed by atoms with van der Waals surface area (Å²) in [6, 6.07) is 11.2. The summed E-state index contributed by atoms with van der Waals surface area (Å²) in [5, 5.41) is 27.2. The summed E-state index contributed by atoms with van der Waals surface area (Å²) in [4.78, 5) is 29.7. The summed E-state index contributed by atoms with van der Waals surface area (Å²) in [6.45, 7) is 3.33. The van der Waals surface area contributed by atoms with Gasteiger partial charge in [0.15, 0.2) is 0 Å². The summed E-state index contributed by atoms with van der Waals surface area (Å²) >= 11 is 6.42. The molecule has 7 rings (SSSR count). The van der Waals surface area contributed by atoms with E-state index in [9.17, 15) is 24.0 Å². The number of hydrogen-bond donors (Lipinski definition) is 3. The molecule has 14 heteroatoms. The van der Waals surface area contributed by atoms with Gasteiger partial charge in [0.2, 0.25) is 5.88 Å². The summed E-state index contributed by atoms with van der Waals surface area (Å²) in [5.74, 6) is -1.85. The monoisotopic (exact) mass is 737 g/mol. The standard InChI is InChI=1S/C37H44ClN5O7S/c1-22-19-51(48,41-35(47)28-18-42(2)39-36(28)49-3)40-34(46)24-7-13-33-30(16-24)43(17-25-6-9-27(25)32(45)12-11-31(22)44)20-37(21-50-33)14-4-5-23-15-26(38)8-10-29(23)37/h7-8,10-13,15-16,18,22,25,27,31-32,44-45H,4-6,9,14,17,19-21H2,1-3H3,(H,40,41,46,47,48)/t22-,25+,27-,31+,32+,37+,51?/m1/s1. The van der Waals surface area contributed by atoms with Gasteiger partial charge in [-0.15, -0.1) is 9.46 Å². The maximum absolute atomic E-state index is 14.5. The molecule has 1 aromatic heterocycles. The quantitative estimate of drug-likeness (QED) is 0.331. The fourth-order valence-corrected chi connectivity index (χ4v) is 10.2. The highest BCUT2D eigenvalue weighted by molar-refractivity contribution is 7.92. The van der Waals surface area contributed by atoms with E-state index in [4.69, 9.17) is 21.1 Å². The van der Waals surface area contributed by atoms with E-state index in [0.29, 0.717) is 30.5 Å².